The highest BCUT2D eigenvalue weighted by Gasteiger charge is 2.20. The average Bonchev–Trinajstić information content (AvgIpc) is 2.89. The number of nitrogens with zero attached hydrogens (tertiary/aromatic N) is 4. The van der Waals surface area contributed by atoms with E-state index in [1.54, 1.807) is 6.92 Å². The topological polar surface area (TPSA) is 142 Å². The van der Waals surface area contributed by atoms with Gasteiger partial charge in [0.15, 0.2) is 0 Å². The number of rotatable bonds is 7. The average molecular weight is 349 g/mol. The Labute approximate surface area is 141 Å². The number of aromatic nitrogens is 2. The lowest BCUT2D eigenvalue weighted by Crippen LogP contribution is -2.19. The number of amides is 1. The van der Waals surface area contributed by atoms with Gasteiger partial charge in [0.05, 0.1) is 22.5 Å². The van der Waals surface area contributed by atoms with Crippen LogP contribution >= 0.6 is 0 Å². The number of anilines is 1. The summed E-state index contributed by atoms with van der Waals surface area (Å²) < 4.78 is 6.30. The summed E-state index contributed by atoms with van der Waals surface area (Å²) in [6.07, 6.45) is 1.13. The molecule has 1 aromatic carbocycles. The largest absolute Gasteiger partial charge is 0.494 e. The predicted octanol–water partition coefficient (Wildman–Crippen LogP) is 2.05. The van der Waals surface area contributed by atoms with Gasteiger partial charge in [-0.3, -0.25) is 29.7 Å². The highest BCUT2D eigenvalue weighted by Crippen LogP contribution is 2.29. The molecule has 2 aromatic rings. The van der Waals surface area contributed by atoms with Crippen molar-refractivity contribution in [1.82, 2.24) is 9.78 Å². The molecule has 1 N–H and O–H groups in total. The number of carbonyl (C=O) groups excluding carboxylic acids is 1. The SMILES string of the molecule is CCOc1ccc(NC(=O)Cn2cc([N+](=O)[O-])c(C)n2)c([N+](=O)[O-])c1. The minimum atomic E-state index is -0.638. The van der Waals surface area contributed by atoms with E-state index in [1.807, 2.05) is 0 Å². The number of ether oxygens (including phenoxy) is 1. The molecular weight excluding hydrogens is 334 g/mol. The maximum Gasteiger partial charge on any atom is 0.309 e. The van der Waals surface area contributed by atoms with Crippen LogP contribution in [0.3, 0.4) is 0 Å². The molecule has 11 nitrogen and oxygen atoms in total. The van der Waals surface area contributed by atoms with E-state index in [9.17, 15) is 25.0 Å². The molecule has 0 aliphatic carbocycles. The van der Waals surface area contributed by atoms with Crippen molar-refractivity contribution in [3.63, 3.8) is 0 Å². The molecule has 0 spiro atoms. The van der Waals surface area contributed by atoms with Gasteiger partial charge in [-0.1, -0.05) is 0 Å². The molecule has 1 aromatic heterocycles. The summed E-state index contributed by atoms with van der Waals surface area (Å²) in [6, 6.07) is 4.06. The van der Waals surface area contributed by atoms with Gasteiger partial charge in [-0.15, -0.1) is 0 Å². The highest BCUT2D eigenvalue weighted by atomic mass is 16.6. The summed E-state index contributed by atoms with van der Waals surface area (Å²) in [4.78, 5) is 32.7. The molecule has 1 heterocycles. The molecule has 0 bridgehead atoms. The highest BCUT2D eigenvalue weighted by molar-refractivity contribution is 5.93. The molecule has 0 unspecified atom stereocenters. The van der Waals surface area contributed by atoms with Crippen molar-refractivity contribution in [3.8, 4) is 5.75 Å². The van der Waals surface area contributed by atoms with Crippen molar-refractivity contribution in [1.29, 1.82) is 0 Å². The van der Waals surface area contributed by atoms with E-state index in [-0.39, 0.29) is 29.3 Å². The zero-order chi connectivity index (χ0) is 18.6. The number of nitrogens with one attached hydrogen (secondary N) is 1. The maximum absolute atomic E-state index is 12.1. The predicted molar refractivity (Wildman–Crippen MR) is 86.5 cm³/mol. The Morgan fingerprint density at radius 1 is 1.28 bits per heavy atom. The van der Waals surface area contributed by atoms with Crippen LogP contribution in [0.15, 0.2) is 24.4 Å². The van der Waals surface area contributed by atoms with Crippen LogP contribution in [0.1, 0.15) is 12.6 Å². The third-order valence-corrected chi connectivity index (χ3v) is 3.17. The van der Waals surface area contributed by atoms with E-state index in [4.69, 9.17) is 4.74 Å². The summed E-state index contributed by atoms with van der Waals surface area (Å²) in [6.45, 7) is 3.22. The van der Waals surface area contributed by atoms with Gasteiger partial charge in [0.2, 0.25) is 5.91 Å². The van der Waals surface area contributed by atoms with E-state index < -0.39 is 15.8 Å². The monoisotopic (exact) mass is 349 g/mol. The van der Waals surface area contributed by atoms with Crippen LogP contribution in [0.4, 0.5) is 17.1 Å². The molecule has 2 rings (SSSR count). The molecule has 1 amide bonds. The third kappa shape index (κ3) is 4.28. The zero-order valence-electron chi connectivity index (χ0n) is 13.5. The molecule has 0 aliphatic heterocycles. The van der Waals surface area contributed by atoms with Crippen LogP contribution in [0, 0.1) is 27.2 Å². The molecule has 0 saturated heterocycles. The second-order valence-electron chi connectivity index (χ2n) is 4.97. The number of aryl methyl sites for hydroxylation is 1. The van der Waals surface area contributed by atoms with E-state index in [0.29, 0.717) is 12.4 Å². The van der Waals surface area contributed by atoms with E-state index in [0.717, 1.165) is 10.9 Å². The van der Waals surface area contributed by atoms with Crippen molar-refractivity contribution >= 4 is 23.0 Å². The van der Waals surface area contributed by atoms with Crippen molar-refractivity contribution in [3.05, 3.63) is 50.3 Å². The Hall–Kier alpha value is -3.50. The Bertz CT molecular complexity index is 831. The first-order chi connectivity index (χ1) is 11.8. The van der Waals surface area contributed by atoms with Gasteiger partial charge in [-0.2, -0.15) is 5.10 Å². The van der Waals surface area contributed by atoms with Crippen LogP contribution in [0.5, 0.6) is 5.75 Å². The Kier molecular flexibility index (Phi) is 5.27. The second-order valence-corrected chi connectivity index (χ2v) is 4.97. The first-order valence-electron chi connectivity index (χ1n) is 7.21. The summed E-state index contributed by atoms with van der Waals surface area (Å²) in [5, 5.41) is 28.2. The Balaban J connectivity index is 2.16. The van der Waals surface area contributed by atoms with E-state index in [2.05, 4.69) is 10.4 Å². The fourth-order valence-corrected chi connectivity index (χ4v) is 2.13. The van der Waals surface area contributed by atoms with Crippen LogP contribution < -0.4 is 10.1 Å². The van der Waals surface area contributed by atoms with Gasteiger partial charge in [-0.05, 0) is 26.0 Å². The van der Waals surface area contributed by atoms with Crippen molar-refractivity contribution < 1.29 is 19.4 Å². The lowest BCUT2D eigenvalue weighted by atomic mass is 10.2. The number of nitro benzene ring substituents is 1. The van der Waals surface area contributed by atoms with Crippen LogP contribution in [-0.4, -0.2) is 32.1 Å². The normalized spacial score (nSPS) is 10.3. The van der Waals surface area contributed by atoms with Gasteiger partial charge in [0, 0.05) is 0 Å². The van der Waals surface area contributed by atoms with Crippen LogP contribution in [-0.2, 0) is 11.3 Å². The number of nitro groups is 2. The Morgan fingerprint density at radius 2 is 1.96 bits per heavy atom. The zero-order valence-corrected chi connectivity index (χ0v) is 13.5. The van der Waals surface area contributed by atoms with Gasteiger partial charge < -0.3 is 10.1 Å². The number of benzene rings is 1. The molecule has 11 heteroatoms. The fraction of sp³-hybridized carbons (Fsp3) is 0.286. The minimum Gasteiger partial charge on any atom is -0.494 e. The molecule has 0 radical (unpaired) electrons. The Morgan fingerprint density at radius 3 is 2.52 bits per heavy atom. The van der Waals surface area contributed by atoms with E-state index in [1.165, 1.54) is 25.1 Å². The van der Waals surface area contributed by atoms with Gasteiger partial charge >= 0.3 is 5.69 Å². The smallest absolute Gasteiger partial charge is 0.309 e. The van der Waals surface area contributed by atoms with Crippen LogP contribution in [0.2, 0.25) is 0 Å². The maximum atomic E-state index is 12.1. The van der Waals surface area contributed by atoms with E-state index >= 15 is 0 Å². The molecular formula is C14H15N5O6. The lowest BCUT2D eigenvalue weighted by Gasteiger charge is -2.08. The first kappa shape index (κ1) is 17.8. The quantitative estimate of drug-likeness (QED) is 0.595. The van der Waals surface area contributed by atoms with Crippen molar-refractivity contribution in [2.45, 2.75) is 20.4 Å². The molecule has 0 fully saturated rings. The lowest BCUT2D eigenvalue weighted by molar-refractivity contribution is -0.385. The fourth-order valence-electron chi connectivity index (χ4n) is 2.13. The molecule has 0 saturated carbocycles. The van der Waals surface area contributed by atoms with Gasteiger partial charge in [-0.25, -0.2) is 0 Å². The minimum absolute atomic E-state index is 0.00293. The molecule has 0 aliphatic rings. The summed E-state index contributed by atoms with van der Waals surface area (Å²) in [5.41, 5.74) is -0.358. The summed E-state index contributed by atoms with van der Waals surface area (Å²) in [7, 11) is 0. The number of hydrogen-bond acceptors (Lipinski definition) is 7. The second kappa shape index (κ2) is 7.38. The first-order valence-corrected chi connectivity index (χ1v) is 7.21. The molecule has 25 heavy (non-hydrogen) atoms. The standard InChI is InChI=1S/C14H15N5O6/c1-3-25-10-4-5-11(12(6-10)18(21)22)15-14(20)8-17-7-13(19(23)24)9(2)16-17/h4-7H,3,8H2,1-2H3,(H,15,20). The molecule has 132 valence electrons. The van der Waals surface area contributed by atoms with Crippen LogP contribution in [0.25, 0.3) is 0 Å². The number of carbonyl (C=O) groups is 1. The molecule has 0 atom stereocenters. The van der Waals surface area contributed by atoms with Gasteiger partial charge in [0.1, 0.15) is 29.9 Å². The van der Waals surface area contributed by atoms with Gasteiger partial charge in [0.25, 0.3) is 5.69 Å². The van der Waals surface area contributed by atoms with Crippen molar-refractivity contribution in [2.75, 3.05) is 11.9 Å². The number of hydrogen-bond donors (Lipinski definition) is 1. The third-order valence-electron chi connectivity index (χ3n) is 3.17. The summed E-state index contributed by atoms with van der Waals surface area (Å²) >= 11 is 0. The summed E-state index contributed by atoms with van der Waals surface area (Å²) in [5.74, 6) is -0.296. The van der Waals surface area contributed by atoms with Crippen molar-refractivity contribution in [2.24, 2.45) is 0 Å².